The molecule has 0 bridgehead atoms. The van der Waals surface area contributed by atoms with Crippen LogP contribution >= 0.6 is 0 Å². The number of para-hydroxylation sites is 1. The predicted molar refractivity (Wildman–Crippen MR) is 67.8 cm³/mol. The molecular formula is C14H21NO2. The zero-order chi connectivity index (χ0) is 12.1. The highest BCUT2D eigenvalue weighted by atomic mass is 16.3. The number of nitrogens with one attached hydrogen (secondary N) is 1. The number of aromatic hydroxyl groups is 1. The topological polar surface area (TPSA) is 52.5 Å². The van der Waals surface area contributed by atoms with Gasteiger partial charge in [-0.1, -0.05) is 37.5 Å². The van der Waals surface area contributed by atoms with Crippen LogP contribution in [0.3, 0.4) is 0 Å². The smallest absolute Gasteiger partial charge is 0.120 e. The third kappa shape index (κ3) is 2.99. The summed E-state index contributed by atoms with van der Waals surface area (Å²) < 4.78 is 0. The van der Waals surface area contributed by atoms with Gasteiger partial charge in [-0.2, -0.15) is 0 Å². The summed E-state index contributed by atoms with van der Waals surface area (Å²) in [5, 5.41) is 22.7. The Morgan fingerprint density at radius 3 is 2.47 bits per heavy atom. The summed E-state index contributed by atoms with van der Waals surface area (Å²) in [6, 6.07) is 7.35. The van der Waals surface area contributed by atoms with Crippen molar-refractivity contribution in [2.45, 2.75) is 44.2 Å². The molecule has 1 fully saturated rings. The summed E-state index contributed by atoms with van der Waals surface area (Å²) in [6.07, 6.45) is 5.66. The van der Waals surface area contributed by atoms with Crippen LogP contribution in [0.25, 0.3) is 0 Å². The van der Waals surface area contributed by atoms with Crippen molar-refractivity contribution in [1.29, 1.82) is 0 Å². The first-order chi connectivity index (χ1) is 8.26. The van der Waals surface area contributed by atoms with Gasteiger partial charge in [0.15, 0.2) is 0 Å². The number of rotatable bonds is 4. The molecule has 0 aromatic heterocycles. The molecule has 0 saturated heterocycles. The van der Waals surface area contributed by atoms with E-state index in [0.29, 0.717) is 12.3 Å². The molecule has 0 aliphatic heterocycles. The first-order valence-electron chi connectivity index (χ1n) is 6.38. The monoisotopic (exact) mass is 235 g/mol. The van der Waals surface area contributed by atoms with Crippen LogP contribution < -0.4 is 5.32 Å². The van der Waals surface area contributed by atoms with Crippen LogP contribution in [0, 0.1) is 0 Å². The van der Waals surface area contributed by atoms with Gasteiger partial charge < -0.3 is 15.5 Å². The van der Waals surface area contributed by atoms with Gasteiger partial charge in [0.25, 0.3) is 0 Å². The Morgan fingerprint density at radius 2 is 1.82 bits per heavy atom. The third-order valence-corrected chi connectivity index (χ3v) is 3.76. The van der Waals surface area contributed by atoms with E-state index < -0.39 is 0 Å². The van der Waals surface area contributed by atoms with E-state index in [4.69, 9.17) is 0 Å². The summed E-state index contributed by atoms with van der Waals surface area (Å²) in [5.74, 6) is 0.323. The Morgan fingerprint density at radius 1 is 1.12 bits per heavy atom. The number of hydrogen-bond acceptors (Lipinski definition) is 3. The summed E-state index contributed by atoms with van der Waals surface area (Å²) in [4.78, 5) is 0. The summed E-state index contributed by atoms with van der Waals surface area (Å²) in [5.41, 5.74) is 0.756. The van der Waals surface area contributed by atoms with Gasteiger partial charge in [0, 0.05) is 17.6 Å². The lowest BCUT2D eigenvalue weighted by Gasteiger charge is -2.36. The molecular weight excluding hydrogens is 214 g/mol. The molecule has 0 heterocycles. The van der Waals surface area contributed by atoms with Crippen molar-refractivity contribution in [3.05, 3.63) is 29.8 Å². The van der Waals surface area contributed by atoms with Gasteiger partial charge >= 0.3 is 0 Å². The first kappa shape index (κ1) is 12.4. The molecule has 1 saturated carbocycles. The van der Waals surface area contributed by atoms with Crippen molar-refractivity contribution in [3.63, 3.8) is 0 Å². The Hall–Kier alpha value is -1.06. The molecule has 2 rings (SSSR count). The second-order valence-corrected chi connectivity index (χ2v) is 4.98. The van der Waals surface area contributed by atoms with Crippen LogP contribution in [0.5, 0.6) is 5.75 Å². The van der Waals surface area contributed by atoms with Crippen LogP contribution in [-0.2, 0) is 6.54 Å². The van der Waals surface area contributed by atoms with E-state index in [1.54, 1.807) is 6.07 Å². The number of hydrogen-bond donors (Lipinski definition) is 3. The zero-order valence-corrected chi connectivity index (χ0v) is 10.2. The van der Waals surface area contributed by atoms with Crippen molar-refractivity contribution in [2.24, 2.45) is 0 Å². The van der Waals surface area contributed by atoms with Crippen LogP contribution in [0.1, 0.15) is 37.7 Å². The van der Waals surface area contributed by atoms with E-state index in [1.165, 1.54) is 19.3 Å². The Labute approximate surface area is 102 Å². The number of benzene rings is 1. The minimum absolute atomic E-state index is 0.138. The lowest BCUT2D eigenvalue weighted by Crippen LogP contribution is -2.49. The molecule has 0 radical (unpaired) electrons. The van der Waals surface area contributed by atoms with Crippen molar-refractivity contribution in [2.75, 3.05) is 6.61 Å². The molecule has 3 N–H and O–H groups in total. The Kier molecular flexibility index (Phi) is 4.02. The van der Waals surface area contributed by atoms with Crippen LogP contribution in [0.4, 0.5) is 0 Å². The van der Waals surface area contributed by atoms with E-state index in [9.17, 15) is 10.2 Å². The van der Waals surface area contributed by atoms with Crippen LogP contribution in [0.15, 0.2) is 24.3 Å². The fraction of sp³-hybridized carbons (Fsp3) is 0.571. The maximum atomic E-state index is 9.69. The molecule has 1 aromatic carbocycles. The quantitative estimate of drug-likeness (QED) is 0.749. The maximum Gasteiger partial charge on any atom is 0.120 e. The number of phenolic OH excluding ortho intramolecular Hbond substituents is 1. The molecule has 3 nitrogen and oxygen atoms in total. The lowest BCUT2D eigenvalue weighted by atomic mass is 9.82. The second-order valence-electron chi connectivity index (χ2n) is 4.98. The fourth-order valence-corrected chi connectivity index (χ4v) is 2.56. The van der Waals surface area contributed by atoms with Gasteiger partial charge in [-0.25, -0.2) is 0 Å². The van der Waals surface area contributed by atoms with Gasteiger partial charge in [0.05, 0.1) is 6.61 Å². The highest BCUT2D eigenvalue weighted by molar-refractivity contribution is 5.31. The molecule has 0 amide bonds. The van der Waals surface area contributed by atoms with Crippen LogP contribution in [-0.4, -0.2) is 22.4 Å². The fourth-order valence-electron chi connectivity index (χ4n) is 2.56. The zero-order valence-electron chi connectivity index (χ0n) is 10.2. The van der Waals surface area contributed by atoms with E-state index in [-0.39, 0.29) is 12.1 Å². The summed E-state index contributed by atoms with van der Waals surface area (Å²) >= 11 is 0. The van der Waals surface area contributed by atoms with E-state index in [2.05, 4.69) is 5.32 Å². The molecule has 1 aliphatic carbocycles. The lowest BCUT2D eigenvalue weighted by molar-refractivity contribution is 0.119. The van der Waals surface area contributed by atoms with Crippen molar-refractivity contribution in [3.8, 4) is 5.75 Å². The van der Waals surface area contributed by atoms with Gasteiger partial charge in [0.1, 0.15) is 5.75 Å². The third-order valence-electron chi connectivity index (χ3n) is 3.76. The van der Waals surface area contributed by atoms with E-state index >= 15 is 0 Å². The molecule has 17 heavy (non-hydrogen) atoms. The average Bonchev–Trinajstić information content (AvgIpc) is 2.39. The van der Waals surface area contributed by atoms with Crippen molar-refractivity contribution >= 4 is 0 Å². The number of aliphatic hydroxyl groups is 1. The first-order valence-corrected chi connectivity index (χ1v) is 6.38. The molecule has 94 valence electrons. The van der Waals surface area contributed by atoms with E-state index in [0.717, 1.165) is 18.4 Å². The van der Waals surface area contributed by atoms with Gasteiger partial charge in [-0.3, -0.25) is 0 Å². The Balaban J connectivity index is 1.98. The van der Waals surface area contributed by atoms with Crippen molar-refractivity contribution < 1.29 is 10.2 Å². The molecule has 1 aromatic rings. The average molecular weight is 235 g/mol. The minimum Gasteiger partial charge on any atom is -0.508 e. The van der Waals surface area contributed by atoms with Crippen molar-refractivity contribution in [1.82, 2.24) is 5.32 Å². The van der Waals surface area contributed by atoms with Gasteiger partial charge in [-0.15, -0.1) is 0 Å². The molecule has 0 unspecified atom stereocenters. The minimum atomic E-state index is -0.138. The van der Waals surface area contributed by atoms with Gasteiger partial charge in [-0.05, 0) is 18.9 Å². The largest absolute Gasteiger partial charge is 0.508 e. The number of aliphatic hydroxyl groups excluding tert-OH is 1. The van der Waals surface area contributed by atoms with Crippen LogP contribution in [0.2, 0.25) is 0 Å². The SMILES string of the molecule is OCC1(NCc2ccccc2O)CCCCC1. The summed E-state index contributed by atoms with van der Waals surface area (Å²) in [6.45, 7) is 0.799. The highest BCUT2D eigenvalue weighted by Gasteiger charge is 2.30. The molecule has 0 atom stereocenters. The normalized spacial score (nSPS) is 19.1. The number of phenols is 1. The Bertz CT molecular complexity index is 359. The van der Waals surface area contributed by atoms with Gasteiger partial charge in [0.2, 0.25) is 0 Å². The van der Waals surface area contributed by atoms with E-state index in [1.807, 2.05) is 18.2 Å². The second kappa shape index (κ2) is 5.52. The molecule has 3 heteroatoms. The molecule has 0 spiro atoms. The maximum absolute atomic E-state index is 9.69. The summed E-state index contributed by atoms with van der Waals surface area (Å²) in [7, 11) is 0. The standard InChI is InChI=1S/C14H21NO2/c16-11-14(8-4-1-5-9-14)15-10-12-6-2-3-7-13(12)17/h2-3,6-7,15-17H,1,4-5,8-11H2. The highest BCUT2D eigenvalue weighted by Crippen LogP contribution is 2.28. The predicted octanol–water partition coefficient (Wildman–Crippen LogP) is 2.18. The molecule has 1 aliphatic rings.